The summed E-state index contributed by atoms with van der Waals surface area (Å²) in [5.41, 5.74) is 5.18. The molecule has 21 heavy (non-hydrogen) atoms. The number of nitrogen functional groups attached to an aromatic ring is 1. The van der Waals surface area contributed by atoms with E-state index in [1.54, 1.807) is 0 Å². The molecule has 2 N–H and O–H groups in total. The molecule has 0 aliphatic rings. The first-order chi connectivity index (χ1) is 9.86. The van der Waals surface area contributed by atoms with Gasteiger partial charge < -0.3 is 5.73 Å². The van der Waals surface area contributed by atoms with Crippen LogP contribution < -0.4 is 5.73 Å². The highest BCUT2D eigenvalue weighted by molar-refractivity contribution is 7.15. The number of benzene rings is 1. The van der Waals surface area contributed by atoms with Gasteiger partial charge in [-0.1, -0.05) is 13.3 Å². The second kappa shape index (κ2) is 5.97. The molecule has 0 spiro atoms. The summed E-state index contributed by atoms with van der Waals surface area (Å²) in [6.45, 7) is 1.87. The number of rotatable bonds is 4. The van der Waals surface area contributed by atoms with E-state index in [0.717, 1.165) is 11.3 Å². The van der Waals surface area contributed by atoms with Crippen LogP contribution in [-0.4, -0.2) is 4.98 Å². The topological polar surface area (TPSA) is 38.9 Å². The van der Waals surface area contributed by atoms with E-state index in [1.807, 2.05) is 6.92 Å². The molecule has 2 aromatic rings. The number of thiazole rings is 1. The summed E-state index contributed by atoms with van der Waals surface area (Å²) in [4.78, 5) is 4.41. The van der Waals surface area contributed by atoms with Crippen molar-refractivity contribution in [3.63, 3.8) is 0 Å². The Morgan fingerprint density at radius 1 is 0.952 bits per heavy atom. The Morgan fingerprint density at radius 3 is 2.00 bits per heavy atom. The minimum atomic E-state index is -2.16. The van der Waals surface area contributed by atoms with Crippen molar-refractivity contribution >= 4 is 16.5 Å². The lowest BCUT2D eigenvalue weighted by Gasteiger charge is -2.08. The quantitative estimate of drug-likeness (QED) is 0.526. The highest BCUT2D eigenvalue weighted by Crippen LogP contribution is 2.29. The molecule has 2 nitrogen and oxygen atoms in total. The summed E-state index contributed by atoms with van der Waals surface area (Å²) in [6, 6.07) is 0. The average molecular weight is 322 g/mol. The monoisotopic (exact) mass is 322 g/mol. The fourth-order valence-electron chi connectivity index (χ4n) is 1.94. The van der Waals surface area contributed by atoms with Gasteiger partial charge in [-0.15, -0.1) is 11.3 Å². The van der Waals surface area contributed by atoms with Gasteiger partial charge in [0.25, 0.3) is 0 Å². The van der Waals surface area contributed by atoms with E-state index in [0.29, 0.717) is 23.4 Å². The van der Waals surface area contributed by atoms with Gasteiger partial charge in [0.05, 0.1) is 5.69 Å². The standard InChI is InChI=1S/C13H11F5N2S/c1-2-3-6-7(21-13(19)20-6)4-5-8(14)10(16)12(18)11(17)9(5)15/h2-4H2,1H3,(H2,19,20). The smallest absolute Gasteiger partial charge is 0.200 e. The van der Waals surface area contributed by atoms with Gasteiger partial charge in [0, 0.05) is 16.9 Å². The number of aromatic nitrogens is 1. The Labute approximate surface area is 121 Å². The molecule has 0 amide bonds. The molecule has 0 saturated heterocycles. The Hall–Kier alpha value is -1.70. The Bertz CT molecular complexity index is 655. The molecule has 8 heteroatoms. The van der Waals surface area contributed by atoms with E-state index in [2.05, 4.69) is 4.98 Å². The van der Waals surface area contributed by atoms with Crippen molar-refractivity contribution in [2.24, 2.45) is 0 Å². The van der Waals surface area contributed by atoms with Crippen molar-refractivity contribution < 1.29 is 22.0 Å². The van der Waals surface area contributed by atoms with Crippen molar-refractivity contribution in [2.75, 3.05) is 5.73 Å². The molecule has 0 aliphatic heterocycles. The number of halogens is 5. The number of hydrogen-bond donors (Lipinski definition) is 1. The summed E-state index contributed by atoms with van der Waals surface area (Å²) in [6.07, 6.45) is 0.793. The van der Waals surface area contributed by atoms with E-state index in [9.17, 15) is 22.0 Å². The first-order valence-electron chi connectivity index (χ1n) is 6.11. The van der Waals surface area contributed by atoms with Gasteiger partial charge in [-0.3, -0.25) is 0 Å². The summed E-state index contributed by atoms with van der Waals surface area (Å²) in [7, 11) is 0. The molecule has 1 aromatic heterocycles. The van der Waals surface area contributed by atoms with Crippen LogP contribution in [0.5, 0.6) is 0 Å². The summed E-state index contributed by atoms with van der Waals surface area (Å²) in [5, 5.41) is 0.192. The molecular formula is C13H11F5N2S. The maximum Gasteiger partial charge on any atom is 0.200 e. The molecule has 1 heterocycles. The van der Waals surface area contributed by atoms with E-state index in [1.165, 1.54) is 0 Å². The van der Waals surface area contributed by atoms with Gasteiger partial charge in [0.1, 0.15) is 0 Å². The normalized spacial score (nSPS) is 11.1. The molecule has 0 saturated carbocycles. The van der Waals surface area contributed by atoms with Crippen LogP contribution in [0.1, 0.15) is 29.5 Å². The number of hydrogen-bond acceptors (Lipinski definition) is 3. The van der Waals surface area contributed by atoms with Crippen LogP contribution in [0, 0.1) is 29.1 Å². The minimum Gasteiger partial charge on any atom is -0.375 e. The van der Waals surface area contributed by atoms with E-state index >= 15 is 0 Å². The zero-order valence-corrected chi connectivity index (χ0v) is 11.8. The zero-order valence-electron chi connectivity index (χ0n) is 10.9. The second-order valence-corrected chi connectivity index (χ2v) is 5.51. The molecule has 0 aliphatic carbocycles. The lowest BCUT2D eigenvalue weighted by atomic mass is 10.1. The maximum atomic E-state index is 13.6. The minimum absolute atomic E-state index is 0.192. The first kappa shape index (κ1) is 15.7. The zero-order chi connectivity index (χ0) is 15.7. The van der Waals surface area contributed by atoms with Crippen molar-refractivity contribution in [3.8, 4) is 0 Å². The summed E-state index contributed by atoms with van der Waals surface area (Å²) >= 11 is 0.977. The SMILES string of the molecule is CCCc1nc(N)sc1Cc1c(F)c(F)c(F)c(F)c1F. The highest BCUT2D eigenvalue weighted by atomic mass is 32.1. The third-order valence-corrected chi connectivity index (χ3v) is 3.85. The van der Waals surface area contributed by atoms with Gasteiger partial charge in [-0.2, -0.15) is 0 Å². The van der Waals surface area contributed by atoms with Gasteiger partial charge in [-0.05, 0) is 6.42 Å². The van der Waals surface area contributed by atoms with Crippen LogP contribution in [0.3, 0.4) is 0 Å². The molecule has 0 fully saturated rings. The third-order valence-electron chi connectivity index (χ3n) is 2.92. The largest absolute Gasteiger partial charge is 0.375 e. The molecule has 0 radical (unpaired) electrons. The maximum absolute atomic E-state index is 13.6. The van der Waals surface area contributed by atoms with Gasteiger partial charge in [0.2, 0.25) is 5.82 Å². The van der Waals surface area contributed by atoms with Crippen LogP contribution in [0.2, 0.25) is 0 Å². The lowest BCUT2D eigenvalue weighted by Crippen LogP contribution is -2.08. The Morgan fingerprint density at radius 2 is 1.48 bits per heavy atom. The molecule has 2 rings (SSSR count). The summed E-state index contributed by atoms with van der Waals surface area (Å²) < 4.78 is 66.6. The Balaban J connectivity index is 2.50. The van der Waals surface area contributed by atoms with Crippen molar-refractivity contribution in [3.05, 3.63) is 45.2 Å². The molecule has 1 aromatic carbocycles. The second-order valence-electron chi connectivity index (χ2n) is 4.40. The van der Waals surface area contributed by atoms with Gasteiger partial charge in [-0.25, -0.2) is 26.9 Å². The average Bonchev–Trinajstić information content (AvgIpc) is 2.79. The summed E-state index contributed by atoms with van der Waals surface area (Å²) in [5.74, 6) is -9.69. The molecule has 0 atom stereocenters. The number of nitrogens with two attached hydrogens (primary N) is 1. The van der Waals surface area contributed by atoms with E-state index < -0.39 is 41.1 Å². The van der Waals surface area contributed by atoms with Crippen molar-refractivity contribution in [1.29, 1.82) is 0 Å². The molecular weight excluding hydrogens is 311 g/mol. The van der Waals surface area contributed by atoms with Gasteiger partial charge in [0.15, 0.2) is 28.4 Å². The van der Waals surface area contributed by atoms with Crippen molar-refractivity contribution in [1.82, 2.24) is 4.98 Å². The number of aryl methyl sites for hydroxylation is 1. The van der Waals surface area contributed by atoms with Crippen LogP contribution in [0.25, 0.3) is 0 Å². The predicted octanol–water partition coefficient (Wildman–Crippen LogP) is 3.96. The molecule has 0 bridgehead atoms. The Kier molecular flexibility index (Phi) is 4.46. The number of nitrogens with zero attached hydrogens (tertiary/aromatic N) is 1. The fourth-order valence-corrected chi connectivity index (χ4v) is 2.83. The van der Waals surface area contributed by atoms with E-state index in [-0.39, 0.29) is 5.13 Å². The van der Waals surface area contributed by atoms with E-state index in [4.69, 9.17) is 5.73 Å². The first-order valence-corrected chi connectivity index (χ1v) is 6.92. The fraction of sp³-hybridized carbons (Fsp3) is 0.308. The van der Waals surface area contributed by atoms with Gasteiger partial charge >= 0.3 is 0 Å². The van der Waals surface area contributed by atoms with Crippen molar-refractivity contribution in [2.45, 2.75) is 26.2 Å². The predicted molar refractivity (Wildman–Crippen MR) is 69.6 cm³/mol. The third kappa shape index (κ3) is 2.85. The highest BCUT2D eigenvalue weighted by Gasteiger charge is 2.26. The molecule has 114 valence electrons. The lowest BCUT2D eigenvalue weighted by molar-refractivity contribution is 0.371. The van der Waals surface area contributed by atoms with Crippen LogP contribution >= 0.6 is 11.3 Å². The number of anilines is 1. The van der Waals surface area contributed by atoms with Crippen LogP contribution in [0.15, 0.2) is 0 Å². The van der Waals surface area contributed by atoms with Crippen LogP contribution in [-0.2, 0) is 12.8 Å². The molecule has 0 unspecified atom stereocenters. The van der Waals surface area contributed by atoms with Crippen LogP contribution in [0.4, 0.5) is 27.1 Å².